The number of fused-ring (bicyclic) bond motifs is 1. The first-order valence-corrected chi connectivity index (χ1v) is 12.8. The van der Waals surface area contributed by atoms with Crippen molar-refractivity contribution in [1.29, 1.82) is 0 Å². The minimum Gasteiger partial charge on any atom is -0.497 e. The van der Waals surface area contributed by atoms with Gasteiger partial charge >= 0.3 is 0 Å². The Morgan fingerprint density at radius 1 is 1.20 bits per heavy atom. The van der Waals surface area contributed by atoms with Crippen molar-refractivity contribution in [2.24, 2.45) is 0 Å². The van der Waals surface area contributed by atoms with E-state index in [1.54, 1.807) is 41.2 Å². The van der Waals surface area contributed by atoms with Gasteiger partial charge in [0.1, 0.15) is 28.4 Å². The molecule has 2 aliphatic rings. The van der Waals surface area contributed by atoms with Crippen LogP contribution in [0.3, 0.4) is 0 Å². The number of rotatable bonds is 7. The van der Waals surface area contributed by atoms with Gasteiger partial charge in [0.2, 0.25) is 5.91 Å². The average Bonchev–Trinajstić information content (AvgIpc) is 3.63. The fourth-order valence-corrected chi connectivity index (χ4v) is 5.68. The number of nitrogens with one attached hydrogen (secondary N) is 1. The monoisotopic (exact) mass is 494 g/mol. The Morgan fingerprint density at radius 2 is 2.00 bits per heavy atom. The molecule has 0 saturated heterocycles. The molecule has 1 fully saturated rings. The number of thiophene rings is 1. The lowest BCUT2D eigenvalue weighted by Gasteiger charge is -2.43. The van der Waals surface area contributed by atoms with Gasteiger partial charge in [-0.25, -0.2) is 0 Å². The zero-order valence-corrected chi connectivity index (χ0v) is 21.1. The van der Waals surface area contributed by atoms with Crippen LogP contribution in [0.4, 0.5) is 0 Å². The van der Waals surface area contributed by atoms with E-state index < -0.39 is 5.54 Å². The number of carbonyl (C=O) groups excluding carboxylic acids is 2. The summed E-state index contributed by atoms with van der Waals surface area (Å²) >= 11 is 1.57. The molecule has 8 nitrogen and oxygen atoms in total. The third kappa shape index (κ3) is 4.29. The maximum absolute atomic E-state index is 13.9. The first kappa shape index (κ1) is 23.4. The molecule has 2 amide bonds. The van der Waals surface area contributed by atoms with Crippen LogP contribution in [0.15, 0.2) is 41.8 Å². The molecule has 0 spiro atoms. The summed E-state index contributed by atoms with van der Waals surface area (Å²) in [5.41, 5.74) is 0.905. The second-order valence-corrected chi connectivity index (χ2v) is 10.3. The molecule has 5 rings (SSSR count). The maximum Gasteiger partial charge on any atom is 0.273 e. The Balaban J connectivity index is 1.53. The van der Waals surface area contributed by atoms with E-state index in [9.17, 15) is 9.59 Å². The Morgan fingerprint density at radius 3 is 2.69 bits per heavy atom. The van der Waals surface area contributed by atoms with Crippen LogP contribution in [0, 0.1) is 0 Å². The summed E-state index contributed by atoms with van der Waals surface area (Å²) in [7, 11) is 3.18. The van der Waals surface area contributed by atoms with E-state index in [2.05, 4.69) is 5.32 Å². The minimum atomic E-state index is -1.11. The molecule has 1 aliphatic heterocycles. The van der Waals surface area contributed by atoms with Crippen molar-refractivity contribution in [3.8, 4) is 22.1 Å². The number of aromatic nitrogens is 2. The van der Waals surface area contributed by atoms with Gasteiger partial charge in [-0.15, -0.1) is 11.3 Å². The topological polar surface area (TPSA) is 85.7 Å². The molecule has 1 unspecified atom stereocenters. The quantitative estimate of drug-likeness (QED) is 0.535. The Kier molecular flexibility index (Phi) is 6.27. The van der Waals surface area contributed by atoms with Crippen molar-refractivity contribution in [2.75, 3.05) is 14.2 Å². The standard InChI is InChI=1S/C26H30N4O4S/c1-26(25(32)27-18-7-4-5-8-18)16-30-21(14-20(28-30)23-9-6-12-35-23)24(31)29(26)15-17-10-11-19(33-2)13-22(17)34-3/h6,9-14,18H,4-5,7-8,15-16H2,1-3H3,(H,27,32). The molecule has 3 aromatic rings. The van der Waals surface area contributed by atoms with Crippen LogP contribution in [0.2, 0.25) is 0 Å². The number of benzene rings is 1. The van der Waals surface area contributed by atoms with Crippen molar-refractivity contribution in [3.05, 3.63) is 53.0 Å². The lowest BCUT2D eigenvalue weighted by Crippen LogP contribution is -2.64. The molecule has 2 aromatic heterocycles. The van der Waals surface area contributed by atoms with Gasteiger partial charge in [-0.3, -0.25) is 14.3 Å². The van der Waals surface area contributed by atoms with Crippen molar-refractivity contribution >= 4 is 23.2 Å². The van der Waals surface area contributed by atoms with Gasteiger partial charge in [-0.1, -0.05) is 18.9 Å². The minimum absolute atomic E-state index is 0.146. The van der Waals surface area contributed by atoms with Crippen LogP contribution in [-0.2, 0) is 17.9 Å². The SMILES string of the molecule is COc1ccc(CN2C(=O)c3cc(-c4cccs4)nn3CC2(C)C(=O)NC2CCCC2)c(OC)c1. The second kappa shape index (κ2) is 9.37. The molecule has 1 aliphatic carbocycles. The van der Waals surface area contributed by atoms with Gasteiger partial charge < -0.3 is 19.7 Å². The summed E-state index contributed by atoms with van der Waals surface area (Å²) in [6.45, 7) is 2.33. The number of hydrogen-bond acceptors (Lipinski definition) is 6. The van der Waals surface area contributed by atoms with Gasteiger partial charge in [-0.2, -0.15) is 5.10 Å². The molecule has 1 aromatic carbocycles. The molecule has 35 heavy (non-hydrogen) atoms. The van der Waals surface area contributed by atoms with E-state index in [1.165, 1.54) is 0 Å². The van der Waals surface area contributed by atoms with Crippen molar-refractivity contribution in [1.82, 2.24) is 20.0 Å². The summed E-state index contributed by atoms with van der Waals surface area (Å²) in [5, 5.41) is 9.91. The Bertz CT molecular complexity index is 1230. The number of carbonyl (C=O) groups is 2. The number of nitrogens with zero attached hydrogens (tertiary/aromatic N) is 3. The zero-order valence-electron chi connectivity index (χ0n) is 20.2. The third-order valence-corrected chi connectivity index (χ3v) is 7.97. The van der Waals surface area contributed by atoms with Gasteiger partial charge in [0.05, 0.1) is 32.2 Å². The van der Waals surface area contributed by atoms with Crippen molar-refractivity contribution in [3.63, 3.8) is 0 Å². The fraction of sp³-hybridized carbons (Fsp3) is 0.423. The Hall–Kier alpha value is -3.33. The Labute approximate surface area is 208 Å². The maximum atomic E-state index is 13.9. The van der Waals surface area contributed by atoms with Crippen LogP contribution >= 0.6 is 11.3 Å². The van der Waals surface area contributed by atoms with E-state index in [1.807, 2.05) is 42.6 Å². The first-order valence-electron chi connectivity index (χ1n) is 11.9. The van der Waals surface area contributed by atoms with Crippen molar-refractivity contribution < 1.29 is 19.1 Å². The molecule has 0 bridgehead atoms. The molecule has 1 atom stereocenters. The predicted octanol–water partition coefficient (Wildman–Crippen LogP) is 4.10. The van der Waals surface area contributed by atoms with Crippen LogP contribution in [0.25, 0.3) is 10.6 Å². The fourth-order valence-electron chi connectivity index (χ4n) is 5.00. The highest BCUT2D eigenvalue weighted by Gasteiger charge is 2.48. The number of hydrogen-bond donors (Lipinski definition) is 1. The van der Waals surface area contributed by atoms with Gasteiger partial charge in [0.15, 0.2) is 0 Å². The molecular weight excluding hydrogens is 464 g/mol. The third-order valence-electron chi connectivity index (χ3n) is 7.07. The molecule has 1 saturated carbocycles. The van der Waals surface area contributed by atoms with E-state index in [0.717, 1.165) is 41.8 Å². The average molecular weight is 495 g/mol. The van der Waals surface area contributed by atoms with Gasteiger partial charge in [0.25, 0.3) is 5.91 Å². The largest absolute Gasteiger partial charge is 0.497 e. The first-order chi connectivity index (χ1) is 16.9. The predicted molar refractivity (Wildman–Crippen MR) is 134 cm³/mol. The molecule has 184 valence electrons. The molecular formula is C26H30N4O4S. The molecule has 3 heterocycles. The van der Waals surface area contributed by atoms with Gasteiger partial charge in [-0.05, 0) is 49.4 Å². The van der Waals surface area contributed by atoms with Crippen LogP contribution in [0.1, 0.15) is 48.7 Å². The summed E-state index contributed by atoms with van der Waals surface area (Å²) in [5.74, 6) is 0.891. The highest BCUT2D eigenvalue weighted by atomic mass is 32.1. The molecule has 1 N–H and O–H groups in total. The highest BCUT2D eigenvalue weighted by molar-refractivity contribution is 7.13. The molecule has 0 radical (unpaired) electrons. The highest BCUT2D eigenvalue weighted by Crippen LogP contribution is 2.35. The second-order valence-electron chi connectivity index (χ2n) is 9.35. The number of ether oxygens (including phenoxy) is 2. The van der Waals surface area contributed by atoms with E-state index in [4.69, 9.17) is 14.6 Å². The normalized spacial score (nSPS) is 20.1. The van der Waals surface area contributed by atoms with Crippen molar-refractivity contribution in [2.45, 2.75) is 57.3 Å². The summed E-state index contributed by atoms with van der Waals surface area (Å²) in [4.78, 5) is 30.3. The summed E-state index contributed by atoms with van der Waals surface area (Å²) in [6.07, 6.45) is 4.16. The number of methoxy groups -OCH3 is 2. The number of amides is 2. The summed E-state index contributed by atoms with van der Waals surface area (Å²) in [6, 6.07) is 11.4. The lowest BCUT2D eigenvalue weighted by molar-refractivity contribution is -0.134. The van der Waals surface area contributed by atoms with Crippen LogP contribution in [0.5, 0.6) is 11.5 Å². The molecule has 9 heteroatoms. The van der Waals surface area contributed by atoms with E-state index in [0.29, 0.717) is 17.2 Å². The zero-order chi connectivity index (χ0) is 24.6. The van der Waals surface area contributed by atoms with E-state index in [-0.39, 0.29) is 30.9 Å². The van der Waals surface area contributed by atoms with Crippen LogP contribution in [-0.4, -0.2) is 52.3 Å². The van der Waals surface area contributed by atoms with Gasteiger partial charge in [0, 0.05) is 17.7 Å². The smallest absolute Gasteiger partial charge is 0.273 e. The van der Waals surface area contributed by atoms with Crippen LogP contribution < -0.4 is 14.8 Å². The summed E-state index contributed by atoms with van der Waals surface area (Å²) < 4.78 is 12.6. The lowest BCUT2D eigenvalue weighted by atomic mass is 9.93. The van der Waals surface area contributed by atoms with E-state index >= 15 is 0 Å².